The van der Waals surface area contributed by atoms with Crippen molar-refractivity contribution < 1.29 is 0 Å². The van der Waals surface area contributed by atoms with Gasteiger partial charge in [0, 0.05) is 36.0 Å². The molecule has 4 nitrogen and oxygen atoms in total. The summed E-state index contributed by atoms with van der Waals surface area (Å²) in [4.78, 5) is 4.45. The number of hydrogen-bond donors (Lipinski definition) is 1. The number of aromatic nitrogens is 3. The van der Waals surface area contributed by atoms with Gasteiger partial charge in [-0.05, 0) is 31.5 Å². The highest BCUT2D eigenvalue weighted by molar-refractivity contribution is 6.30. The van der Waals surface area contributed by atoms with Crippen LogP contribution in [0.2, 0.25) is 5.02 Å². The molecule has 1 aromatic carbocycles. The number of halogens is 1. The summed E-state index contributed by atoms with van der Waals surface area (Å²) in [6.07, 6.45) is 2.55. The number of nitrogens with zero attached hydrogens (tertiary/aromatic N) is 3. The number of nitrogens with one attached hydrogen (secondary N) is 1. The molecule has 0 bridgehead atoms. The van der Waals surface area contributed by atoms with E-state index in [1.54, 1.807) is 6.33 Å². The Hall–Kier alpha value is -1.39. The second-order valence-corrected chi connectivity index (χ2v) is 6.22. The van der Waals surface area contributed by atoms with Crippen LogP contribution in [0.1, 0.15) is 31.3 Å². The van der Waals surface area contributed by atoms with Crippen LogP contribution >= 0.6 is 11.6 Å². The van der Waals surface area contributed by atoms with Gasteiger partial charge < -0.3 is 5.32 Å². The molecule has 1 fully saturated rings. The Kier molecular flexibility index (Phi) is 3.52. The first-order valence-corrected chi connectivity index (χ1v) is 7.34. The Labute approximate surface area is 124 Å². The first kappa shape index (κ1) is 13.6. The topological polar surface area (TPSA) is 42.7 Å². The molecule has 2 heterocycles. The molecule has 20 heavy (non-hydrogen) atoms. The van der Waals surface area contributed by atoms with Crippen molar-refractivity contribution in [2.75, 3.05) is 13.1 Å². The van der Waals surface area contributed by atoms with E-state index in [-0.39, 0.29) is 5.41 Å². The molecule has 1 saturated heterocycles. The summed E-state index contributed by atoms with van der Waals surface area (Å²) in [5.41, 5.74) is 1.43. The second-order valence-electron chi connectivity index (χ2n) is 5.78. The fraction of sp³-hybridized carbons (Fsp3) is 0.467. The molecule has 1 N–H and O–H groups in total. The minimum absolute atomic E-state index is 0.115. The molecule has 0 radical (unpaired) electrons. The quantitative estimate of drug-likeness (QED) is 0.941. The summed E-state index contributed by atoms with van der Waals surface area (Å²) >= 11 is 5.99. The normalized spacial score (nSPS) is 17.2. The van der Waals surface area contributed by atoms with E-state index in [9.17, 15) is 0 Å². The third kappa shape index (κ3) is 2.34. The summed E-state index contributed by atoms with van der Waals surface area (Å²) in [5, 5.41) is 8.50. The maximum Gasteiger partial charge on any atom is 0.138 e. The van der Waals surface area contributed by atoms with E-state index in [4.69, 9.17) is 11.6 Å². The smallest absolute Gasteiger partial charge is 0.138 e. The Morgan fingerprint density at radius 1 is 1.30 bits per heavy atom. The zero-order valence-electron chi connectivity index (χ0n) is 11.8. The van der Waals surface area contributed by atoms with Gasteiger partial charge in [-0.2, -0.15) is 5.10 Å². The van der Waals surface area contributed by atoms with Crippen LogP contribution in [0.4, 0.5) is 0 Å². The van der Waals surface area contributed by atoms with Crippen molar-refractivity contribution in [3.8, 4) is 0 Å². The van der Waals surface area contributed by atoms with Crippen molar-refractivity contribution >= 4 is 11.6 Å². The lowest BCUT2D eigenvalue weighted by molar-refractivity contribution is 0.264. The lowest BCUT2D eigenvalue weighted by Crippen LogP contribution is -2.58. The average Bonchev–Trinajstić information content (AvgIpc) is 2.83. The second kappa shape index (κ2) is 5.19. The zero-order chi connectivity index (χ0) is 14.2. The van der Waals surface area contributed by atoms with Crippen molar-refractivity contribution in [3.63, 3.8) is 0 Å². The lowest BCUT2D eigenvalue weighted by atomic mass is 9.72. The standard InChI is InChI=1S/C15H19ClN4/c1-11(2)20-14(18-10-19-20)7-15(8-17-9-15)12-3-5-13(16)6-4-12/h3-6,10-11,17H,7-9H2,1-2H3. The summed E-state index contributed by atoms with van der Waals surface area (Å²) in [6, 6.07) is 8.51. The number of rotatable bonds is 4. The largest absolute Gasteiger partial charge is 0.315 e. The third-order valence-electron chi connectivity index (χ3n) is 4.02. The SMILES string of the molecule is CC(C)n1ncnc1CC1(c2ccc(Cl)cc2)CNC1. The van der Waals surface area contributed by atoms with Crippen LogP contribution in [0.25, 0.3) is 0 Å². The highest BCUT2D eigenvalue weighted by Crippen LogP contribution is 2.33. The van der Waals surface area contributed by atoms with E-state index in [1.807, 2.05) is 16.8 Å². The molecular weight excluding hydrogens is 272 g/mol. The Morgan fingerprint density at radius 3 is 2.55 bits per heavy atom. The number of hydrogen-bond acceptors (Lipinski definition) is 3. The van der Waals surface area contributed by atoms with Gasteiger partial charge in [0.25, 0.3) is 0 Å². The van der Waals surface area contributed by atoms with Crippen LogP contribution in [0.15, 0.2) is 30.6 Å². The van der Waals surface area contributed by atoms with E-state index in [0.29, 0.717) is 6.04 Å². The molecule has 0 saturated carbocycles. The van der Waals surface area contributed by atoms with Gasteiger partial charge in [-0.3, -0.25) is 0 Å². The Balaban J connectivity index is 1.90. The average molecular weight is 291 g/mol. The molecule has 106 valence electrons. The molecular formula is C15H19ClN4. The van der Waals surface area contributed by atoms with Crippen molar-refractivity contribution in [1.29, 1.82) is 0 Å². The van der Waals surface area contributed by atoms with Gasteiger partial charge in [-0.25, -0.2) is 9.67 Å². The van der Waals surface area contributed by atoms with E-state index in [0.717, 1.165) is 30.4 Å². The first-order valence-electron chi connectivity index (χ1n) is 6.96. The molecule has 1 aromatic heterocycles. The van der Waals surface area contributed by atoms with Crippen molar-refractivity contribution in [2.24, 2.45) is 0 Å². The summed E-state index contributed by atoms with van der Waals surface area (Å²) < 4.78 is 2.01. The third-order valence-corrected chi connectivity index (χ3v) is 4.27. The molecule has 2 aromatic rings. The van der Waals surface area contributed by atoms with Gasteiger partial charge in [-0.1, -0.05) is 23.7 Å². The fourth-order valence-corrected chi connectivity index (χ4v) is 2.92. The fourth-order valence-electron chi connectivity index (χ4n) is 2.80. The highest BCUT2D eigenvalue weighted by atomic mass is 35.5. The van der Waals surface area contributed by atoms with Gasteiger partial charge in [0.15, 0.2) is 0 Å². The summed E-state index contributed by atoms with van der Waals surface area (Å²) in [7, 11) is 0. The van der Waals surface area contributed by atoms with Crippen LogP contribution in [0.3, 0.4) is 0 Å². The highest BCUT2D eigenvalue weighted by Gasteiger charge is 2.40. The van der Waals surface area contributed by atoms with Crippen LogP contribution in [-0.2, 0) is 11.8 Å². The maximum absolute atomic E-state index is 5.99. The maximum atomic E-state index is 5.99. The molecule has 0 spiro atoms. The predicted octanol–water partition coefficient (Wildman–Crippen LogP) is 2.60. The van der Waals surface area contributed by atoms with Crippen LogP contribution in [-0.4, -0.2) is 27.9 Å². The van der Waals surface area contributed by atoms with Crippen molar-refractivity contribution in [2.45, 2.75) is 31.7 Å². The van der Waals surface area contributed by atoms with E-state index in [1.165, 1.54) is 5.56 Å². The molecule has 0 amide bonds. The van der Waals surface area contributed by atoms with E-state index < -0.39 is 0 Å². The molecule has 1 aliphatic rings. The Morgan fingerprint density at radius 2 is 2.00 bits per heavy atom. The minimum Gasteiger partial charge on any atom is -0.315 e. The minimum atomic E-state index is 0.115. The zero-order valence-corrected chi connectivity index (χ0v) is 12.6. The van der Waals surface area contributed by atoms with E-state index >= 15 is 0 Å². The van der Waals surface area contributed by atoms with Gasteiger partial charge in [-0.15, -0.1) is 0 Å². The monoisotopic (exact) mass is 290 g/mol. The van der Waals surface area contributed by atoms with Gasteiger partial charge in [0.1, 0.15) is 12.2 Å². The lowest BCUT2D eigenvalue weighted by Gasteiger charge is -2.43. The molecule has 0 unspecified atom stereocenters. The van der Waals surface area contributed by atoms with Gasteiger partial charge in [0.05, 0.1) is 0 Å². The molecule has 0 atom stereocenters. The number of benzene rings is 1. The molecule has 5 heteroatoms. The molecule has 3 rings (SSSR count). The molecule has 0 aliphatic carbocycles. The Bertz CT molecular complexity index is 584. The predicted molar refractivity (Wildman–Crippen MR) is 80.1 cm³/mol. The van der Waals surface area contributed by atoms with Crippen LogP contribution in [0, 0.1) is 0 Å². The van der Waals surface area contributed by atoms with E-state index in [2.05, 4.69) is 41.4 Å². The van der Waals surface area contributed by atoms with Crippen molar-refractivity contribution in [3.05, 3.63) is 47.0 Å². The summed E-state index contributed by atoms with van der Waals surface area (Å²) in [6.45, 7) is 6.21. The first-order chi connectivity index (χ1) is 9.61. The van der Waals surface area contributed by atoms with Gasteiger partial charge >= 0.3 is 0 Å². The van der Waals surface area contributed by atoms with Crippen molar-refractivity contribution in [1.82, 2.24) is 20.1 Å². The van der Waals surface area contributed by atoms with Crippen LogP contribution < -0.4 is 5.32 Å². The van der Waals surface area contributed by atoms with Crippen LogP contribution in [0.5, 0.6) is 0 Å². The summed E-state index contributed by atoms with van der Waals surface area (Å²) in [5.74, 6) is 1.05. The molecule has 1 aliphatic heterocycles. The van der Waals surface area contributed by atoms with Gasteiger partial charge in [0.2, 0.25) is 0 Å².